The molecular formula is C9H14NOS+. The Labute approximate surface area is 77.1 Å². The van der Waals surface area contributed by atoms with Crippen molar-refractivity contribution < 1.29 is 10.5 Å². The van der Waals surface area contributed by atoms with Gasteiger partial charge in [0.25, 0.3) is 0 Å². The standard InChI is InChI=1S/C9H13NOS/c1-12-9-5-3-2-4-8(9)11-7-6-10/h2-5H,6-7,10H2,1H3/p+1. The van der Waals surface area contributed by atoms with Crippen LogP contribution in [0, 0.1) is 0 Å². The van der Waals surface area contributed by atoms with E-state index in [9.17, 15) is 0 Å². The molecule has 2 nitrogen and oxygen atoms in total. The summed E-state index contributed by atoms with van der Waals surface area (Å²) in [5, 5.41) is 0. The van der Waals surface area contributed by atoms with Gasteiger partial charge >= 0.3 is 0 Å². The molecule has 0 amide bonds. The molecule has 0 aliphatic rings. The second-order valence-corrected chi connectivity index (χ2v) is 3.20. The first-order valence-electron chi connectivity index (χ1n) is 3.93. The van der Waals surface area contributed by atoms with E-state index in [-0.39, 0.29) is 0 Å². The predicted molar refractivity (Wildman–Crippen MR) is 51.5 cm³/mol. The van der Waals surface area contributed by atoms with Crippen LogP contribution in [0.15, 0.2) is 29.2 Å². The Morgan fingerprint density at radius 3 is 2.83 bits per heavy atom. The predicted octanol–water partition coefficient (Wildman–Crippen LogP) is 1.03. The minimum absolute atomic E-state index is 0.692. The maximum absolute atomic E-state index is 5.49. The first-order chi connectivity index (χ1) is 5.88. The van der Waals surface area contributed by atoms with E-state index in [2.05, 4.69) is 11.8 Å². The molecule has 0 bridgehead atoms. The van der Waals surface area contributed by atoms with E-state index < -0.39 is 0 Å². The van der Waals surface area contributed by atoms with Gasteiger partial charge in [-0.25, -0.2) is 0 Å². The summed E-state index contributed by atoms with van der Waals surface area (Å²) in [6.45, 7) is 1.50. The molecule has 0 spiro atoms. The van der Waals surface area contributed by atoms with Gasteiger partial charge in [-0.05, 0) is 18.4 Å². The maximum atomic E-state index is 5.49. The van der Waals surface area contributed by atoms with Gasteiger partial charge in [-0.15, -0.1) is 11.8 Å². The van der Waals surface area contributed by atoms with Crippen molar-refractivity contribution in [3.05, 3.63) is 24.3 Å². The van der Waals surface area contributed by atoms with Gasteiger partial charge in [0.1, 0.15) is 18.9 Å². The van der Waals surface area contributed by atoms with Crippen LogP contribution in [0.5, 0.6) is 5.75 Å². The third-order valence-electron chi connectivity index (χ3n) is 1.47. The van der Waals surface area contributed by atoms with Crippen molar-refractivity contribution in [2.24, 2.45) is 0 Å². The Kier molecular flexibility index (Phi) is 3.97. The van der Waals surface area contributed by atoms with Gasteiger partial charge in [-0.3, -0.25) is 0 Å². The Morgan fingerprint density at radius 2 is 2.17 bits per heavy atom. The van der Waals surface area contributed by atoms with Crippen molar-refractivity contribution in [1.29, 1.82) is 0 Å². The van der Waals surface area contributed by atoms with E-state index in [1.54, 1.807) is 11.8 Å². The monoisotopic (exact) mass is 184 g/mol. The highest BCUT2D eigenvalue weighted by atomic mass is 32.2. The van der Waals surface area contributed by atoms with Gasteiger partial charge in [-0.2, -0.15) is 0 Å². The molecule has 3 N–H and O–H groups in total. The van der Waals surface area contributed by atoms with E-state index in [0.717, 1.165) is 12.3 Å². The summed E-state index contributed by atoms with van der Waals surface area (Å²) in [5.41, 5.74) is 3.72. The van der Waals surface area contributed by atoms with Crippen molar-refractivity contribution in [3.8, 4) is 5.75 Å². The molecule has 66 valence electrons. The fraction of sp³-hybridized carbons (Fsp3) is 0.333. The number of hydrogen-bond acceptors (Lipinski definition) is 2. The molecule has 0 radical (unpaired) electrons. The zero-order valence-electron chi connectivity index (χ0n) is 7.25. The van der Waals surface area contributed by atoms with Crippen LogP contribution in [0.1, 0.15) is 0 Å². The largest absolute Gasteiger partial charge is 0.487 e. The minimum atomic E-state index is 0.692. The summed E-state index contributed by atoms with van der Waals surface area (Å²) in [5.74, 6) is 0.966. The normalized spacial score (nSPS) is 9.83. The van der Waals surface area contributed by atoms with Crippen molar-refractivity contribution in [2.75, 3.05) is 19.4 Å². The number of para-hydroxylation sites is 1. The summed E-state index contributed by atoms with van der Waals surface area (Å²) in [7, 11) is 0. The fourth-order valence-corrected chi connectivity index (χ4v) is 1.46. The van der Waals surface area contributed by atoms with Gasteiger partial charge in [-0.1, -0.05) is 12.1 Å². The number of benzene rings is 1. The van der Waals surface area contributed by atoms with Crippen molar-refractivity contribution in [1.82, 2.24) is 0 Å². The van der Waals surface area contributed by atoms with Crippen LogP contribution < -0.4 is 10.5 Å². The molecule has 0 atom stereocenters. The van der Waals surface area contributed by atoms with E-state index >= 15 is 0 Å². The van der Waals surface area contributed by atoms with Gasteiger partial charge in [0.05, 0.1) is 0 Å². The highest BCUT2D eigenvalue weighted by Gasteiger charge is 1.99. The van der Waals surface area contributed by atoms with E-state index in [1.807, 2.05) is 24.5 Å². The van der Waals surface area contributed by atoms with Crippen molar-refractivity contribution in [2.45, 2.75) is 4.90 Å². The quantitative estimate of drug-likeness (QED) is 0.710. The molecule has 0 fully saturated rings. The molecule has 0 aromatic heterocycles. The van der Waals surface area contributed by atoms with Crippen LogP contribution in [0.3, 0.4) is 0 Å². The average molecular weight is 184 g/mol. The number of ether oxygens (including phenoxy) is 1. The van der Waals surface area contributed by atoms with Crippen molar-refractivity contribution >= 4 is 11.8 Å². The summed E-state index contributed by atoms with van der Waals surface area (Å²) in [6, 6.07) is 8.05. The summed E-state index contributed by atoms with van der Waals surface area (Å²) < 4.78 is 5.49. The Bertz CT molecular complexity index is 240. The first-order valence-corrected chi connectivity index (χ1v) is 5.16. The van der Waals surface area contributed by atoms with Gasteiger partial charge in [0, 0.05) is 4.90 Å². The average Bonchev–Trinajstić information content (AvgIpc) is 2.15. The maximum Gasteiger partial charge on any atom is 0.137 e. The first kappa shape index (κ1) is 9.42. The number of hydrogen-bond donors (Lipinski definition) is 1. The molecule has 1 aromatic rings. The van der Waals surface area contributed by atoms with Crippen LogP contribution in [-0.4, -0.2) is 19.4 Å². The number of thioether (sulfide) groups is 1. The van der Waals surface area contributed by atoms with Crippen molar-refractivity contribution in [3.63, 3.8) is 0 Å². The summed E-state index contributed by atoms with van der Waals surface area (Å²) in [6.07, 6.45) is 2.05. The van der Waals surface area contributed by atoms with Crippen LogP contribution >= 0.6 is 11.8 Å². The lowest BCUT2D eigenvalue weighted by atomic mass is 10.3. The SMILES string of the molecule is CSc1ccccc1OCC[NH3+]. The Balaban J connectivity index is 2.68. The topological polar surface area (TPSA) is 36.9 Å². The Hall–Kier alpha value is -0.670. The lowest BCUT2D eigenvalue weighted by Crippen LogP contribution is -2.52. The molecule has 12 heavy (non-hydrogen) atoms. The molecule has 0 saturated carbocycles. The van der Waals surface area contributed by atoms with Gasteiger partial charge in [0.2, 0.25) is 0 Å². The molecule has 0 heterocycles. The molecule has 0 unspecified atom stereocenters. The second kappa shape index (κ2) is 5.06. The van der Waals surface area contributed by atoms with E-state index in [0.29, 0.717) is 6.61 Å². The van der Waals surface area contributed by atoms with E-state index in [1.165, 1.54) is 4.90 Å². The smallest absolute Gasteiger partial charge is 0.137 e. The lowest BCUT2D eigenvalue weighted by Gasteiger charge is -2.06. The number of rotatable bonds is 4. The zero-order valence-corrected chi connectivity index (χ0v) is 8.06. The molecule has 0 aliphatic heterocycles. The highest BCUT2D eigenvalue weighted by Crippen LogP contribution is 2.26. The summed E-state index contributed by atoms with van der Waals surface area (Å²) in [4.78, 5) is 1.19. The molecule has 0 saturated heterocycles. The minimum Gasteiger partial charge on any atom is -0.487 e. The molecule has 0 aliphatic carbocycles. The number of quaternary nitrogens is 1. The Morgan fingerprint density at radius 1 is 1.42 bits per heavy atom. The lowest BCUT2D eigenvalue weighted by molar-refractivity contribution is -0.371. The van der Waals surface area contributed by atoms with Gasteiger partial charge in [0.15, 0.2) is 0 Å². The van der Waals surface area contributed by atoms with Crippen LogP contribution in [0.4, 0.5) is 0 Å². The van der Waals surface area contributed by atoms with Crippen LogP contribution in [0.25, 0.3) is 0 Å². The summed E-state index contributed by atoms with van der Waals surface area (Å²) >= 11 is 1.70. The molecule has 1 rings (SSSR count). The zero-order chi connectivity index (χ0) is 8.81. The third kappa shape index (κ3) is 2.43. The fourth-order valence-electron chi connectivity index (χ4n) is 0.920. The van der Waals surface area contributed by atoms with Crippen LogP contribution in [-0.2, 0) is 0 Å². The highest BCUT2D eigenvalue weighted by molar-refractivity contribution is 7.98. The molecule has 1 aromatic carbocycles. The van der Waals surface area contributed by atoms with E-state index in [4.69, 9.17) is 4.74 Å². The second-order valence-electron chi connectivity index (χ2n) is 2.35. The molecular weight excluding hydrogens is 170 g/mol. The van der Waals surface area contributed by atoms with Crippen LogP contribution in [0.2, 0.25) is 0 Å². The third-order valence-corrected chi connectivity index (χ3v) is 2.25. The van der Waals surface area contributed by atoms with Gasteiger partial charge < -0.3 is 10.5 Å². The molecule has 3 heteroatoms.